The molecule has 0 radical (unpaired) electrons. The van der Waals surface area contributed by atoms with Crippen LogP contribution < -0.4 is 4.74 Å². The van der Waals surface area contributed by atoms with E-state index in [0.717, 1.165) is 24.3 Å². The number of carbonyl (C=O) groups is 1. The smallest absolute Gasteiger partial charge is 0.233 e. The van der Waals surface area contributed by atoms with Gasteiger partial charge in [0.1, 0.15) is 18.3 Å². The highest BCUT2D eigenvalue weighted by Crippen LogP contribution is 2.35. The normalized spacial score (nSPS) is 25.9. The average Bonchev–Trinajstić information content (AvgIpc) is 3.04. The maximum Gasteiger partial charge on any atom is 0.233 e. The summed E-state index contributed by atoms with van der Waals surface area (Å²) in [6.45, 7) is 2.04. The number of nitrogens with zero attached hydrogens (tertiary/aromatic N) is 1. The highest BCUT2D eigenvalue weighted by molar-refractivity contribution is 5.85. The summed E-state index contributed by atoms with van der Waals surface area (Å²) < 4.78 is 5.55. The third-order valence-electron chi connectivity index (χ3n) is 3.85. The van der Waals surface area contributed by atoms with Gasteiger partial charge in [-0.3, -0.25) is 4.79 Å². The van der Waals surface area contributed by atoms with Crippen LogP contribution in [-0.2, 0) is 4.79 Å². The van der Waals surface area contributed by atoms with Gasteiger partial charge in [-0.2, -0.15) is 0 Å². The molecule has 0 bridgehead atoms. The molecule has 0 spiro atoms. The summed E-state index contributed by atoms with van der Waals surface area (Å²) in [6, 6.07) is 7.73. The van der Waals surface area contributed by atoms with Gasteiger partial charge in [-0.1, -0.05) is 18.2 Å². The Labute approximate surface area is 106 Å². The molecular formula is C14H17NO3. The van der Waals surface area contributed by atoms with Gasteiger partial charge in [-0.15, -0.1) is 0 Å². The molecule has 1 aromatic carbocycles. The molecule has 0 aromatic heterocycles. The summed E-state index contributed by atoms with van der Waals surface area (Å²) in [5, 5.41) is 9.13. The molecule has 1 saturated heterocycles. The van der Waals surface area contributed by atoms with Crippen molar-refractivity contribution in [3.05, 3.63) is 29.8 Å². The van der Waals surface area contributed by atoms with E-state index in [1.54, 1.807) is 0 Å². The molecule has 2 unspecified atom stereocenters. The van der Waals surface area contributed by atoms with Crippen LogP contribution in [0.3, 0.4) is 0 Å². The van der Waals surface area contributed by atoms with Crippen LogP contribution in [0.2, 0.25) is 0 Å². The number of ether oxygens (including phenoxy) is 1. The number of benzene rings is 1. The first-order chi connectivity index (χ1) is 8.79. The van der Waals surface area contributed by atoms with Crippen molar-refractivity contribution in [2.24, 2.45) is 5.92 Å². The zero-order chi connectivity index (χ0) is 12.5. The maximum atomic E-state index is 12.4. The molecule has 2 aliphatic heterocycles. The number of hydrogen-bond donors (Lipinski definition) is 1. The molecule has 2 atom stereocenters. The Morgan fingerprint density at radius 1 is 1.44 bits per heavy atom. The first-order valence-corrected chi connectivity index (χ1v) is 6.41. The predicted octanol–water partition coefficient (Wildman–Crippen LogP) is 1.00. The van der Waals surface area contributed by atoms with Crippen molar-refractivity contribution in [1.29, 1.82) is 0 Å². The fourth-order valence-electron chi connectivity index (χ4n) is 2.77. The number of hydrogen-bond acceptors (Lipinski definition) is 3. The third-order valence-corrected chi connectivity index (χ3v) is 3.85. The Hall–Kier alpha value is -1.55. The number of likely N-dealkylation sites (tertiary alicyclic amines) is 1. The van der Waals surface area contributed by atoms with E-state index in [4.69, 9.17) is 9.84 Å². The van der Waals surface area contributed by atoms with Gasteiger partial charge >= 0.3 is 0 Å². The SMILES string of the molecule is O=C(C1COc2ccccc21)N1CCC(CO)C1. The highest BCUT2D eigenvalue weighted by Gasteiger charge is 2.35. The van der Waals surface area contributed by atoms with Crippen molar-refractivity contribution in [2.45, 2.75) is 12.3 Å². The summed E-state index contributed by atoms with van der Waals surface area (Å²) in [6.07, 6.45) is 0.900. The van der Waals surface area contributed by atoms with E-state index in [9.17, 15) is 4.79 Å². The summed E-state index contributed by atoms with van der Waals surface area (Å²) >= 11 is 0. The summed E-state index contributed by atoms with van der Waals surface area (Å²) in [4.78, 5) is 14.3. The zero-order valence-corrected chi connectivity index (χ0v) is 10.2. The van der Waals surface area contributed by atoms with Crippen LogP contribution in [0, 0.1) is 5.92 Å². The number of aliphatic hydroxyl groups excluding tert-OH is 1. The molecule has 0 aliphatic carbocycles. The minimum atomic E-state index is -0.168. The van der Waals surface area contributed by atoms with Gasteiger partial charge in [0.15, 0.2) is 0 Å². The summed E-state index contributed by atoms with van der Waals surface area (Å²) in [5.41, 5.74) is 0.995. The molecule has 4 heteroatoms. The molecule has 18 heavy (non-hydrogen) atoms. The van der Waals surface area contributed by atoms with Crippen molar-refractivity contribution in [3.8, 4) is 5.75 Å². The van der Waals surface area contributed by atoms with Crippen LogP contribution in [0.25, 0.3) is 0 Å². The Morgan fingerprint density at radius 3 is 3.06 bits per heavy atom. The van der Waals surface area contributed by atoms with E-state index < -0.39 is 0 Å². The molecule has 1 N–H and O–H groups in total. The molecule has 2 heterocycles. The lowest BCUT2D eigenvalue weighted by Crippen LogP contribution is -2.34. The fraction of sp³-hybridized carbons (Fsp3) is 0.500. The van der Waals surface area contributed by atoms with Crippen LogP contribution in [0.4, 0.5) is 0 Å². The van der Waals surface area contributed by atoms with Crippen molar-refractivity contribution >= 4 is 5.91 Å². The van der Waals surface area contributed by atoms with E-state index in [1.807, 2.05) is 29.2 Å². The molecule has 1 fully saturated rings. The Bertz CT molecular complexity index is 460. The quantitative estimate of drug-likeness (QED) is 0.848. The van der Waals surface area contributed by atoms with Crippen LogP contribution in [0.1, 0.15) is 17.9 Å². The van der Waals surface area contributed by atoms with Gasteiger partial charge in [0.2, 0.25) is 5.91 Å². The Kier molecular flexibility index (Phi) is 2.96. The summed E-state index contributed by atoms with van der Waals surface area (Å²) in [7, 11) is 0. The standard InChI is InChI=1S/C14H17NO3/c16-8-10-5-6-15(7-10)14(17)12-9-18-13-4-2-1-3-11(12)13/h1-4,10,12,16H,5-9H2. The van der Waals surface area contributed by atoms with Gasteiger partial charge in [0, 0.05) is 31.2 Å². The lowest BCUT2D eigenvalue weighted by molar-refractivity contribution is -0.132. The van der Waals surface area contributed by atoms with Gasteiger partial charge in [-0.25, -0.2) is 0 Å². The lowest BCUT2D eigenvalue weighted by Gasteiger charge is -2.19. The second-order valence-corrected chi connectivity index (χ2v) is 5.02. The second kappa shape index (κ2) is 4.61. The van der Waals surface area contributed by atoms with E-state index in [0.29, 0.717) is 13.2 Å². The molecule has 96 valence electrons. The van der Waals surface area contributed by atoms with E-state index in [2.05, 4.69) is 0 Å². The molecule has 0 saturated carbocycles. The zero-order valence-electron chi connectivity index (χ0n) is 10.2. The second-order valence-electron chi connectivity index (χ2n) is 5.02. The molecule has 4 nitrogen and oxygen atoms in total. The average molecular weight is 247 g/mol. The van der Waals surface area contributed by atoms with Gasteiger partial charge in [0.05, 0.1) is 0 Å². The number of carbonyl (C=O) groups excluding carboxylic acids is 1. The minimum absolute atomic E-state index is 0.135. The summed E-state index contributed by atoms with van der Waals surface area (Å²) in [5.74, 6) is 1.04. The van der Waals surface area contributed by atoms with E-state index >= 15 is 0 Å². The van der Waals surface area contributed by atoms with Gasteiger partial charge < -0.3 is 14.7 Å². The number of para-hydroxylation sites is 1. The number of amides is 1. The first-order valence-electron chi connectivity index (χ1n) is 6.41. The number of aliphatic hydroxyl groups is 1. The lowest BCUT2D eigenvalue weighted by atomic mass is 10.00. The Balaban J connectivity index is 1.75. The minimum Gasteiger partial charge on any atom is -0.492 e. The monoisotopic (exact) mass is 247 g/mol. The van der Waals surface area contributed by atoms with Crippen molar-refractivity contribution < 1.29 is 14.6 Å². The van der Waals surface area contributed by atoms with Crippen LogP contribution in [-0.4, -0.2) is 42.2 Å². The van der Waals surface area contributed by atoms with Gasteiger partial charge in [0.25, 0.3) is 0 Å². The van der Waals surface area contributed by atoms with Crippen molar-refractivity contribution in [1.82, 2.24) is 4.90 Å². The molecule has 3 rings (SSSR count). The topological polar surface area (TPSA) is 49.8 Å². The number of rotatable bonds is 2. The van der Waals surface area contributed by atoms with E-state index in [-0.39, 0.29) is 24.3 Å². The van der Waals surface area contributed by atoms with Gasteiger partial charge in [-0.05, 0) is 12.5 Å². The maximum absolute atomic E-state index is 12.4. The molecule has 1 amide bonds. The van der Waals surface area contributed by atoms with Crippen molar-refractivity contribution in [2.75, 3.05) is 26.3 Å². The largest absolute Gasteiger partial charge is 0.492 e. The highest BCUT2D eigenvalue weighted by atomic mass is 16.5. The third kappa shape index (κ3) is 1.86. The fourth-order valence-corrected chi connectivity index (χ4v) is 2.77. The predicted molar refractivity (Wildman–Crippen MR) is 66.5 cm³/mol. The van der Waals surface area contributed by atoms with Crippen LogP contribution >= 0.6 is 0 Å². The van der Waals surface area contributed by atoms with Crippen LogP contribution in [0.5, 0.6) is 5.75 Å². The molecule has 2 aliphatic rings. The first kappa shape index (κ1) is 11.5. The van der Waals surface area contributed by atoms with Crippen LogP contribution in [0.15, 0.2) is 24.3 Å². The van der Waals surface area contributed by atoms with Crippen molar-refractivity contribution in [3.63, 3.8) is 0 Å². The molecular weight excluding hydrogens is 230 g/mol. The number of fused-ring (bicyclic) bond motifs is 1. The van der Waals surface area contributed by atoms with E-state index in [1.165, 1.54) is 0 Å². The molecule has 1 aromatic rings. The Morgan fingerprint density at radius 2 is 2.28 bits per heavy atom.